The van der Waals surface area contributed by atoms with Crippen LogP contribution in [0.4, 0.5) is 5.82 Å². The molecule has 0 spiro atoms. The monoisotopic (exact) mass is 294 g/mol. The second-order valence-corrected chi connectivity index (χ2v) is 5.71. The van der Waals surface area contributed by atoms with Crippen LogP contribution in [0.5, 0.6) is 0 Å². The minimum absolute atomic E-state index is 0.541. The summed E-state index contributed by atoms with van der Waals surface area (Å²) in [5, 5.41) is 2.11. The van der Waals surface area contributed by atoms with E-state index in [4.69, 9.17) is 16.6 Å². The number of alkyl halides is 1. The van der Waals surface area contributed by atoms with E-state index in [1.165, 1.54) is 4.88 Å². The Balaban J connectivity index is 2.26. The summed E-state index contributed by atoms with van der Waals surface area (Å²) in [7, 11) is 0. The quantitative estimate of drug-likeness (QED) is 0.731. The molecular formula is C15H19ClN2S. The first-order chi connectivity index (χ1) is 9.26. The fourth-order valence-electron chi connectivity index (χ4n) is 2.00. The molecule has 0 unspecified atom stereocenters. The molecule has 0 aromatic carbocycles. The lowest BCUT2D eigenvalue weighted by Gasteiger charge is -2.22. The number of rotatable bonds is 6. The zero-order valence-corrected chi connectivity index (χ0v) is 13.0. The molecule has 0 saturated heterocycles. The maximum atomic E-state index is 5.97. The van der Waals surface area contributed by atoms with Gasteiger partial charge in [0.05, 0.1) is 6.54 Å². The number of halogens is 1. The zero-order chi connectivity index (χ0) is 13.7. The third-order valence-corrected chi connectivity index (χ3v) is 4.24. The van der Waals surface area contributed by atoms with Crippen LogP contribution in [0, 0.1) is 0 Å². The van der Waals surface area contributed by atoms with Crippen molar-refractivity contribution >= 4 is 28.8 Å². The lowest BCUT2D eigenvalue weighted by Crippen LogP contribution is -2.23. The third-order valence-electron chi connectivity index (χ3n) is 3.07. The van der Waals surface area contributed by atoms with Crippen molar-refractivity contribution < 1.29 is 0 Å². The van der Waals surface area contributed by atoms with Gasteiger partial charge in [-0.3, -0.25) is 0 Å². The fourth-order valence-corrected chi connectivity index (χ4v) is 2.87. The largest absolute Gasteiger partial charge is 0.352 e. The standard InChI is InChI=1S/C15H19ClN2S/c1-3-13-8-12(10-16)9-15(17-13)18(4-2)11-14-6-5-7-19-14/h5-9H,3-4,10-11H2,1-2H3. The van der Waals surface area contributed by atoms with Gasteiger partial charge in [-0.15, -0.1) is 22.9 Å². The van der Waals surface area contributed by atoms with Crippen molar-refractivity contribution in [3.05, 3.63) is 45.8 Å². The Morgan fingerprint density at radius 1 is 1.32 bits per heavy atom. The van der Waals surface area contributed by atoms with E-state index in [2.05, 4.69) is 48.4 Å². The van der Waals surface area contributed by atoms with Crippen LogP contribution in [0.3, 0.4) is 0 Å². The lowest BCUT2D eigenvalue weighted by molar-refractivity contribution is 0.814. The number of anilines is 1. The van der Waals surface area contributed by atoms with Crippen LogP contribution in [0.1, 0.15) is 30.0 Å². The summed E-state index contributed by atoms with van der Waals surface area (Å²) in [4.78, 5) is 8.38. The van der Waals surface area contributed by atoms with E-state index in [-0.39, 0.29) is 0 Å². The topological polar surface area (TPSA) is 16.1 Å². The summed E-state index contributed by atoms with van der Waals surface area (Å²) in [5.74, 6) is 1.57. The first-order valence-electron chi connectivity index (χ1n) is 6.60. The highest BCUT2D eigenvalue weighted by atomic mass is 35.5. The van der Waals surface area contributed by atoms with Gasteiger partial charge in [-0.1, -0.05) is 13.0 Å². The molecule has 0 aliphatic heterocycles. The molecule has 0 bridgehead atoms. The van der Waals surface area contributed by atoms with Crippen molar-refractivity contribution in [2.45, 2.75) is 32.7 Å². The summed E-state index contributed by atoms with van der Waals surface area (Å²) in [6.07, 6.45) is 0.939. The Labute approximate surface area is 124 Å². The van der Waals surface area contributed by atoms with E-state index in [0.29, 0.717) is 5.88 Å². The Morgan fingerprint density at radius 2 is 2.16 bits per heavy atom. The molecule has 0 aliphatic carbocycles. The highest BCUT2D eigenvalue weighted by Crippen LogP contribution is 2.20. The number of hydrogen-bond acceptors (Lipinski definition) is 3. The van der Waals surface area contributed by atoms with Gasteiger partial charge in [-0.2, -0.15) is 0 Å². The predicted octanol–water partition coefficient (Wildman–Crippen LogP) is 4.47. The van der Waals surface area contributed by atoms with Crippen LogP contribution in [0.2, 0.25) is 0 Å². The highest BCUT2D eigenvalue weighted by molar-refractivity contribution is 7.09. The smallest absolute Gasteiger partial charge is 0.129 e. The number of thiophene rings is 1. The van der Waals surface area contributed by atoms with Gasteiger partial charge in [0.25, 0.3) is 0 Å². The molecule has 2 nitrogen and oxygen atoms in total. The van der Waals surface area contributed by atoms with E-state index >= 15 is 0 Å². The van der Waals surface area contributed by atoms with Crippen LogP contribution in [-0.4, -0.2) is 11.5 Å². The molecule has 0 aliphatic rings. The molecule has 2 aromatic rings. The van der Waals surface area contributed by atoms with E-state index in [1.807, 2.05) is 0 Å². The van der Waals surface area contributed by atoms with E-state index < -0.39 is 0 Å². The number of aromatic nitrogens is 1. The molecule has 0 N–H and O–H groups in total. The maximum absolute atomic E-state index is 5.97. The normalized spacial score (nSPS) is 10.7. The van der Waals surface area contributed by atoms with Crippen LogP contribution in [0.15, 0.2) is 29.6 Å². The van der Waals surface area contributed by atoms with Gasteiger partial charge in [0.2, 0.25) is 0 Å². The molecule has 2 aromatic heterocycles. The molecule has 0 radical (unpaired) electrons. The second-order valence-electron chi connectivity index (χ2n) is 4.41. The van der Waals surface area contributed by atoms with Gasteiger partial charge in [-0.05, 0) is 42.5 Å². The SMILES string of the molecule is CCc1cc(CCl)cc(N(CC)Cc2cccs2)n1. The fraction of sp³-hybridized carbons (Fsp3) is 0.400. The molecule has 4 heteroatoms. The van der Waals surface area contributed by atoms with Crippen molar-refractivity contribution in [1.82, 2.24) is 4.98 Å². The molecule has 2 rings (SSSR count). The summed E-state index contributed by atoms with van der Waals surface area (Å²) in [5.41, 5.74) is 2.26. The first-order valence-corrected chi connectivity index (χ1v) is 8.01. The average molecular weight is 295 g/mol. The van der Waals surface area contributed by atoms with E-state index in [0.717, 1.165) is 36.6 Å². The summed E-state index contributed by atoms with van der Waals surface area (Å²) >= 11 is 7.76. The van der Waals surface area contributed by atoms with E-state index in [9.17, 15) is 0 Å². The van der Waals surface area contributed by atoms with Crippen molar-refractivity contribution in [3.8, 4) is 0 Å². The Bertz CT molecular complexity index is 489. The van der Waals surface area contributed by atoms with Gasteiger partial charge in [-0.25, -0.2) is 4.98 Å². The number of aryl methyl sites for hydroxylation is 1. The number of pyridine rings is 1. The molecule has 102 valence electrons. The van der Waals surface area contributed by atoms with E-state index in [1.54, 1.807) is 11.3 Å². The van der Waals surface area contributed by atoms with Crippen molar-refractivity contribution in [3.63, 3.8) is 0 Å². The summed E-state index contributed by atoms with van der Waals surface area (Å²) in [6.45, 7) is 6.14. The summed E-state index contributed by atoms with van der Waals surface area (Å²) < 4.78 is 0. The van der Waals surface area contributed by atoms with Crippen LogP contribution < -0.4 is 4.90 Å². The highest BCUT2D eigenvalue weighted by Gasteiger charge is 2.10. The van der Waals surface area contributed by atoms with Gasteiger partial charge in [0.15, 0.2) is 0 Å². The molecule has 0 atom stereocenters. The van der Waals surface area contributed by atoms with Crippen molar-refractivity contribution in [2.24, 2.45) is 0 Å². The van der Waals surface area contributed by atoms with Crippen molar-refractivity contribution in [1.29, 1.82) is 0 Å². The third kappa shape index (κ3) is 3.71. The van der Waals surface area contributed by atoms with Gasteiger partial charge in [0.1, 0.15) is 5.82 Å². The van der Waals surface area contributed by atoms with Crippen LogP contribution >= 0.6 is 22.9 Å². The predicted molar refractivity (Wildman–Crippen MR) is 84.2 cm³/mol. The second kappa shape index (κ2) is 6.92. The molecule has 0 amide bonds. The minimum Gasteiger partial charge on any atom is -0.352 e. The molecule has 0 fully saturated rings. The summed E-state index contributed by atoms with van der Waals surface area (Å²) in [6, 6.07) is 8.45. The first kappa shape index (κ1) is 14.4. The average Bonchev–Trinajstić information content (AvgIpc) is 2.97. The molecule has 2 heterocycles. The Hall–Kier alpha value is -1.06. The molecule has 19 heavy (non-hydrogen) atoms. The maximum Gasteiger partial charge on any atom is 0.129 e. The molecular weight excluding hydrogens is 276 g/mol. The Kier molecular flexibility index (Phi) is 5.23. The zero-order valence-electron chi connectivity index (χ0n) is 11.4. The van der Waals surface area contributed by atoms with Crippen LogP contribution in [-0.2, 0) is 18.8 Å². The lowest BCUT2D eigenvalue weighted by atomic mass is 10.2. The number of nitrogens with zero attached hydrogens (tertiary/aromatic N) is 2. The molecule has 0 saturated carbocycles. The van der Waals surface area contributed by atoms with Crippen LogP contribution in [0.25, 0.3) is 0 Å². The number of hydrogen-bond donors (Lipinski definition) is 0. The Morgan fingerprint density at radius 3 is 2.74 bits per heavy atom. The van der Waals surface area contributed by atoms with Gasteiger partial charge in [0, 0.05) is 23.0 Å². The van der Waals surface area contributed by atoms with Gasteiger partial charge < -0.3 is 4.90 Å². The minimum atomic E-state index is 0.541. The van der Waals surface area contributed by atoms with Crippen molar-refractivity contribution in [2.75, 3.05) is 11.4 Å². The van der Waals surface area contributed by atoms with Gasteiger partial charge >= 0.3 is 0 Å².